The van der Waals surface area contributed by atoms with E-state index in [9.17, 15) is 4.79 Å². The molecule has 2 aromatic carbocycles. The standard InChI is InChI=1S/C24H32N2O2/c1-2-3-14-25-24(27)22-12-15-26(16-13-22)18-21-10-7-11-23(17-21)28-19-20-8-5-4-6-9-20/h4-11,17,22H,2-3,12-16,18-19H2,1H3,(H,25,27). The minimum atomic E-state index is 0.175. The van der Waals surface area contributed by atoms with Gasteiger partial charge in [0.2, 0.25) is 5.91 Å². The number of carbonyl (C=O) groups excluding carboxylic acids is 1. The molecule has 1 fully saturated rings. The zero-order chi connectivity index (χ0) is 19.6. The maximum absolute atomic E-state index is 12.2. The maximum atomic E-state index is 12.2. The summed E-state index contributed by atoms with van der Waals surface area (Å²) in [6.45, 7) is 6.40. The van der Waals surface area contributed by atoms with Gasteiger partial charge in [0.25, 0.3) is 0 Å². The van der Waals surface area contributed by atoms with Gasteiger partial charge in [-0.3, -0.25) is 9.69 Å². The molecule has 0 spiro atoms. The number of nitrogens with zero attached hydrogens (tertiary/aromatic N) is 1. The van der Waals surface area contributed by atoms with Gasteiger partial charge in [-0.2, -0.15) is 0 Å². The van der Waals surface area contributed by atoms with Gasteiger partial charge < -0.3 is 10.1 Å². The average Bonchev–Trinajstić information content (AvgIpc) is 2.74. The lowest BCUT2D eigenvalue weighted by Crippen LogP contribution is -2.40. The van der Waals surface area contributed by atoms with Gasteiger partial charge in [-0.15, -0.1) is 0 Å². The summed E-state index contributed by atoms with van der Waals surface area (Å²) in [5.74, 6) is 1.32. The van der Waals surface area contributed by atoms with Crippen LogP contribution in [0.3, 0.4) is 0 Å². The van der Waals surface area contributed by atoms with Crippen molar-refractivity contribution in [1.29, 1.82) is 0 Å². The summed E-state index contributed by atoms with van der Waals surface area (Å²) >= 11 is 0. The van der Waals surface area contributed by atoms with E-state index >= 15 is 0 Å². The molecule has 150 valence electrons. The molecule has 1 N–H and O–H groups in total. The van der Waals surface area contributed by atoms with E-state index in [1.807, 2.05) is 24.3 Å². The summed E-state index contributed by atoms with van der Waals surface area (Å²) in [5.41, 5.74) is 2.43. The smallest absolute Gasteiger partial charge is 0.223 e. The van der Waals surface area contributed by atoms with E-state index in [4.69, 9.17) is 4.74 Å². The molecule has 1 aliphatic rings. The van der Waals surface area contributed by atoms with E-state index in [1.165, 1.54) is 11.1 Å². The molecule has 1 aliphatic heterocycles. The molecule has 0 unspecified atom stereocenters. The van der Waals surface area contributed by atoms with Crippen LogP contribution in [-0.2, 0) is 17.9 Å². The zero-order valence-corrected chi connectivity index (χ0v) is 16.9. The van der Waals surface area contributed by atoms with Crippen LogP contribution in [0.4, 0.5) is 0 Å². The third-order valence-electron chi connectivity index (χ3n) is 5.34. The van der Waals surface area contributed by atoms with Crippen molar-refractivity contribution >= 4 is 5.91 Å². The molecule has 28 heavy (non-hydrogen) atoms. The first kappa shape index (κ1) is 20.4. The molecule has 4 nitrogen and oxygen atoms in total. The Bertz CT molecular complexity index is 724. The van der Waals surface area contributed by atoms with Crippen LogP contribution in [0.1, 0.15) is 43.7 Å². The fourth-order valence-corrected chi connectivity index (χ4v) is 3.62. The highest BCUT2D eigenvalue weighted by Gasteiger charge is 2.24. The van der Waals surface area contributed by atoms with Gasteiger partial charge in [-0.05, 0) is 55.6 Å². The van der Waals surface area contributed by atoms with Crippen LogP contribution < -0.4 is 10.1 Å². The number of ether oxygens (including phenoxy) is 1. The van der Waals surface area contributed by atoms with Crippen molar-refractivity contribution in [2.75, 3.05) is 19.6 Å². The first-order valence-electron chi connectivity index (χ1n) is 10.5. The largest absolute Gasteiger partial charge is 0.489 e. The predicted molar refractivity (Wildman–Crippen MR) is 113 cm³/mol. The van der Waals surface area contributed by atoms with Crippen molar-refractivity contribution < 1.29 is 9.53 Å². The number of piperidine rings is 1. The van der Waals surface area contributed by atoms with Gasteiger partial charge in [0.1, 0.15) is 12.4 Å². The maximum Gasteiger partial charge on any atom is 0.223 e. The van der Waals surface area contributed by atoms with Crippen LogP contribution in [0.5, 0.6) is 5.75 Å². The van der Waals surface area contributed by atoms with Crippen LogP contribution >= 0.6 is 0 Å². The van der Waals surface area contributed by atoms with E-state index < -0.39 is 0 Å². The van der Waals surface area contributed by atoms with Crippen LogP contribution in [0.2, 0.25) is 0 Å². The summed E-state index contributed by atoms with van der Waals surface area (Å²) in [4.78, 5) is 14.7. The minimum absolute atomic E-state index is 0.175. The Morgan fingerprint density at radius 3 is 2.57 bits per heavy atom. The number of hydrogen-bond donors (Lipinski definition) is 1. The van der Waals surface area contributed by atoms with Gasteiger partial charge in [0.05, 0.1) is 0 Å². The normalized spacial score (nSPS) is 15.3. The number of rotatable bonds is 9. The summed E-state index contributed by atoms with van der Waals surface area (Å²) in [6.07, 6.45) is 4.07. The lowest BCUT2D eigenvalue weighted by Gasteiger charge is -2.31. The fourth-order valence-electron chi connectivity index (χ4n) is 3.62. The zero-order valence-electron chi connectivity index (χ0n) is 16.9. The van der Waals surface area contributed by atoms with E-state index in [-0.39, 0.29) is 11.8 Å². The molecule has 0 aromatic heterocycles. The molecule has 0 bridgehead atoms. The summed E-state index contributed by atoms with van der Waals surface area (Å²) in [6, 6.07) is 18.6. The Kier molecular flexibility index (Phi) is 7.92. The summed E-state index contributed by atoms with van der Waals surface area (Å²) in [5, 5.41) is 3.08. The van der Waals surface area contributed by atoms with Crippen molar-refractivity contribution in [1.82, 2.24) is 10.2 Å². The SMILES string of the molecule is CCCCNC(=O)C1CCN(Cc2cccc(OCc3ccccc3)c2)CC1. The van der Waals surface area contributed by atoms with E-state index in [0.29, 0.717) is 6.61 Å². The van der Waals surface area contributed by atoms with Gasteiger partial charge in [0.15, 0.2) is 0 Å². The molecule has 2 aromatic rings. The minimum Gasteiger partial charge on any atom is -0.489 e. The second-order valence-corrected chi connectivity index (χ2v) is 7.62. The Morgan fingerprint density at radius 2 is 1.82 bits per heavy atom. The van der Waals surface area contributed by atoms with Gasteiger partial charge in [-0.25, -0.2) is 0 Å². The lowest BCUT2D eigenvalue weighted by molar-refractivity contribution is -0.126. The van der Waals surface area contributed by atoms with Crippen LogP contribution in [0, 0.1) is 5.92 Å². The van der Waals surface area contributed by atoms with Crippen LogP contribution in [0.15, 0.2) is 54.6 Å². The molecular formula is C24H32N2O2. The number of benzene rings is 2. The van der Waals surface area contributed by atoms with Gasteiger partial charge >= 0.3 is 0 Å². The Labute approximate surface area is 168 Å². The van der Waals surface area contributed by atoms with Gasteiger partial charge in [0, 0.05) is 19.0 Å². The van der Waals surface area contributed by atoms with Crippen LogP contribution in [0.25, 0.3) is 0 Å². The molecule has 0 aliphatic carbocycles. The number of carbonyl (C=O) groups is 1. The van der Waals surface area contributed by atoms with Crippen LogP contribution in [-0.4, -0.2) is 30.4 Å². The average molecular weight is 381 g/mol. The number of amides is 1. The molecular weight excluding hydrogens is 348 g/mol. The monoisotopic (exact) mass is 380 g/mol. The summed E-state index contributed by atoms with van der Waals surface area (Å²) in [7, 11) is 0. The molecule has 4 heteroatoms. The first-order chi connectivity index (χ1) is 13.7. The van der Waals surface area contributed by atoms with Crippen molar-refractivity contribution in [2.45, 2.75) is 45.8 Å². The second-order valence-electron chi connectivity index (χ2n) is 7.62. The highest BCUT2D eigenvalue weighted by atomic mass is 16.5. The predicted octanol–water partition coefficient (Wildman–Crippen LogP) is 4.39. The number of nitrogens with one attached hydrogen (secondary N) is 1. The Balaban J connectivity index is 1.44. The Hall–Kier alpha value is -2.33. The number of likely N-dealkylation sites (tertiary alicyclic amines) is 1. The topological polar surface area (TPSA) is 41.6 Å². The Morgan fingerprint density at radius 1 is 1.07 bits per heavy atom. The van der Waals surface area contributed by atoms with E-state index in [0.717, 1.165) is 57.6 Å². The van der Waals surface area contributed by atoms with Gasteiger partial charge in [-0.1, -0.05) is 55.8 Å². The highest BCUT2D eigenvalue weighted by molar-refractivity contribution is 5.78. The van der Waals surface area contributed by atoms with Crippen molar-refractivity contribution in [3.05, 3.63) is 65.7 Å². The second kappa shape index (κ2) is 10.9. The lowest BCUT2D eigenvalue weighted by atomic mass is 9.95. The molecule has 0 radical (unpaired) electrons. The summed E-state index contributed by atoms with van der Waals surface area (Å²) < 4.78 is 5.95. The third-order valence-corrected chi connectivity index (χ3v) is 5.34. The molecule has 3 rings (SSSR count). The van der Waals surface area contributed by atoms with E-state index in [2.05, 4.69) is 47.5 Å². The quantitative estimate of drug-likeness (QED) is 0.656. The molecule has 1 heterocycles. The number of hydrogen-bond acceptors (Lipinski definition) is 3. The molecule has 0 atom stereocenters. The van der Waals surface area contributed by atoms with Crippen molar-refractivity contribution in [3.63, 3.8) is 0 Å². The van der Waals surface area contributed by atoms with Crippen molar-refractivity contribution in [2.24, 2.45) is 5.92 Å². The molecule has 1 amide bonds. The highest BCUT2D eigenvalue weighted by Crippen LogP contribution is 2.21. The molecule has 1 saturated heterocycles. The first-order valence-corrected chi connectivity index (χ1v) is 10.5. The van der Waals surface area contributed by atoms with E-state index in [1.54, 1.807) is 0 Å². The number of unbranched alkanes of at least 4 members (excludes halogenated alkanes) is 1. The molecule has 0 saturated carbocycles. The fraction of sp³-hybridized carbons (Fsp3) is 0.458. The van der Waals surface area contributed by atoms with Crippen molar-refractivity contribution in [3.8, 4) is 5.75 Å². The third kappa shape index (κ3) is 6.38.